The number of halogens is 3. The summed E-state index contributed by atoms with van der Waals surface area (Å²) in [6.45, 7) is 3.18. The van der Waals surface area contributed by atoms with Crippen LogP contribution >= 0.6 is 0 Å². The van der Waals surface area contributed by atoms with Crippen molar-refractivity contribution in [2.75, 3.05) is 6.54 Å². The Hall–Kier alpha value is -1.80. The molecule has 0 aliphatic rings. The van der Waals surface area contributed by atoms with Crippen molar-refractivity contribution >= 4 is 5.91 Å². The molecule has 1 amide bonds. The van der Waals surface area contributed by atoms with E-state index in [9.17, 15) is 22.8 Å². The molecular weight excluding hydrogens is 267 g/mol. The topological polar surface area (TPSA) is 77.1 Å². The first kappa shape index (κ1) is 15.3. The van der Waals surface area contributed by atoms with E-state index in [1.54, 1.807) is 26.1 Å². The quantitative estimate of drug-likeness (QED) is 0.889. The van der Waals surface area contributed by atoms with Crippen LogP contribution in [0.25, 0.3) is 0 Å². The van der Waals surface area contributed by atoms with Gasteiger partial charge in [0.1, 0.15) is 13.1 Å². The molecule has 0 atom stereocenters. The number of nitrogens with zero attached hydrogens (tertiary/aromatic N) is 2. The Morgan fingerprint density at radius 2 is 1.95 bits per heavy atom. The first-order chi connectivity index (χ1) is 8.50. The highest BCUT2D eigenvalue weighted by atomic mass is 19.4. The van der Waals surface area contributed by atoms with E-state index in [4.69, 9.17) is 0 Å². The van der Waals surface area contributed by atoms with Crippen LogP contribution in [0.2, 0.25) is 0 Å². The highest BCUT2D eigenvalue weighted by Crippen LogP contribution is 2.18. The lowest BCUT2D eigenvalue weighted by molar-refractivity contribution is -0.138. The summed E-state index contributed by atoms with van der Waals surface area (Å²) in [4.78, 5) is 22.7. The molecule has 1 N–H and O–H groups in total. The van der Waals surface area contributed by atoms with Crippen LogP contribution in [0.3, 0.4) is 0 Å². The smallest absolute Gasteiger partial charge is 0.345 e. The molecule has 1 aromatic rings. The van der Waals surface area contributed by atoms with Gasteiger partial charge in [0.2, 0.25) is 5.91 Å². The molecule has 0 aliphatic heterocycles. The van der Waals surface area contributed by atoms with Crippen LogP contribution in [0.1, 0.15) is 26.6 Å². The molecule has 0 unspecified atom stereocenters. The van der Waals surface area contributed by atoms with Crippen molar-refractivity contribution in [2.45, 2.75) is 38.9 Å². The molecule has 9 heteroatoms. The molecule has 0 aliphatic carbocycles. The van der Waals surface area contributed by atoms with Crippen molar-refractivity contribution in [1.82, 2.24) is 15.0 Å². The minimum atomic E-state index is -4.50. The fourth-order valence-electron chi connectivity index (χ4n) is 1.35. The van der Waals surface area contributed by atoms with Gasteiger partial charge in [-0.15, -0.1) is 0 Å². The standard InChI is InChI=1S/C10H14F3N3O3/c1-9(2,3)7-15-19-8(18)16(7)4-6(17)14-5-10(11,12)13/h4-5H2,1-3H3,(H,14,17). The summed E-state index contributed by atoms with van der Waals surface area (Å²) in [5.41, 5.74) is -0.573. The van der Waals surface area contributed by atoms with Gasteiger partial charge >= 0.3 is 11.9 Å². The second-order valence-electron chi connectivity index (χ2n) is 5.00. The van der Waals surface area contributed by atoms with Crippen LogP contribution in [-0.4, -0.2) is 28.4 Å². The molecular formula is C10H14F3N3O3. The lowest BCUT2D eigenvalue weighted by Crippen LogP contribution is -2.38. The van der Waals surface area contributed by atoms with Crippen LogP contribution in [0.4, 0.5) is 13.2 Å². The van der Waals surface area contributed by atoms with E-state index in [1.807, 2.05) is 0 Å². The van der Waals surface area contributed by atoms with Gasteiger partial charge < -0.3 is 5.32 Å². The predicted octanol–water partition coefficient (Wildman–Crippen LogP) is 0.812. The van der Waals surface area contributed by atoms with E-state index >= 15 is 0 Å². The van der Waals surface area contributed by atoms with E-state index in [0.717, 1.165) is 4.57 Å². The first-order valence-electron chi connectivity index (χ1n) is 5.41. The average molecular weight is 281 g/mol. The Morgan fingerprint density at radius 3 is 2.42 bits per heavy atom. The Morgan fingerprint density at radius 1 is 1.37 bits per heavy atom. The zero-order chi connectivity index (χ0) is 14.8. The number of hydrogen-bond donors (Lipinski definition) is 1. The molecule has 1 rings (SSSR count). The van der Waals surface area contributed by atoms with Gasteiger partial charge in [0.05, 0.1) is 0 Å². The SMILES string of the molecule is CC(C)(C)c1noc(=O)n1CC(=O)NCC(F)(F)F. The Labute approximate surface area is 106 Å². The van der Waals surface area contributed by atoms with Crippen LogP contribution in [0, 0.1) is 0 Å². The average Bonchev–Trinajstić information content (AvgIpc) is 2.56. The number of rotatable bonds is 3. The summed E-state index contributed by atoms with van der Waals surface area (Å²) in [6.07, 6.45) is -4.50. The molecule has 0 fully saturated rings. The number of amides is 1. The molecule has 108 valence electrons. The molecule has 0 aromatic carbocycles. The van der Waals surface area contributed by atoms with Gasteiger partial charge in [-0.3, -0.25) is 13.9 Å². The van der Waals surface area contributed by atoms with Crippen molar-refractivity contribution < 1.29 is 22.5 Å². The van der Waals surface area contributed by atoms with Crippen molar-refractivity contribution in [1.29, 1.82) is 0 Å². The second-order valence-corrected chi connectivity index (χ2v) is 5.00. The molecule has 0 spiro atoms. The third-order valence-electron chi connectivity index (χ3n) is 2.14. The summed E-state index contributed by atoms with van der Waals surface area (Å²) in [5, 5.41) is 5.20. The van der Waals surface area contributed by atoms with Gasteiger partial charge in [0.25, 0.3) is 0 Å². The maximum Gasteiger partial charge on any atom is 0.442 e. The van der Waals surface area contributed by atoms with E-state index in [1.165, 1.54) is 0 Å². The van der Waals surface area contributed by atoms with E-state index in [-0.39, 0.29) is 5.82 Å². The lowest BCUT2D eigenvalue weighted by Gasteiger charge is -2.16. The largest absolute Gasteiger partial charge is 0.442 e. The van der Waals surface area contributed by atoms with Crippen molar-refractivity contribution in [3.63, 3.8) is 0 Å². The Bertz CT molecular complexity index is 511. The van der Waals surface area contributed by atoms with Gasteiger partial charge in [0.15, 0.2) is 5.82 Å². The van der Waals surface area contributed by atoms with Crippen LogP contribution < -0.4 is 11.1 Å². The number of hydrogen-bond acceptors (Lipinski definition) is 4. The van der Waals surface area contributed by atoms with Crippen LogP contribution in [0.5, 0.6) is 0 Å². The van der Waals surface area contributed by atoms with Gasteiger partial charge in [-0.05, 0) is 0 Å². The molecule has 0 saturated carbocycles. The highest BCUT2D eigenvalue weighted by Gasteiger charge is 2.29. The van der Waals surface area contributed by atoms with E-state index < -0.39 is 36.3 Å². The van der Waals surface area contributed by atoms with Gasteiger partial charge in [-0.1, -0.05) is 25.9 Å². The summed E-state index contributed by atoms with van der Waals surface area (Å²) in [6, 6.07) is 0. The zero-order valence-corrected chi connectivity index (χ0v) is 10.7. The Kier molecular flexibility index (Phi) is 4.06. The minimum absolute atomic E-state index is 0.194. The van der Waals surface area contributed by atoms with Gasteiger partial charge in [-0.25, -0.2) is 4.79 Å². The summed E-state index contributed by atoms with van der Waals surface area (Å²) < 4.78 is 41.1. The molecule has 0 radical (unpaired) electrons. The van der Waals surface area contributed by atoms with Gasteiger partial charge in [-0.2, -0.15) is 13.2 Å². The number of alkyl halides is 3. The number of aromatic nitrogens is 2. The van der Waals surface area contributed by atoms with Gasteiger partial charge in [0, 0.05) is 5.41 Å². The third-order valence-corrected chi connectivity index (χ3v) is 2.14. The number of nitrogens with one attached hydrogen (secondary N) is 1. The monoisotopic (exact) mass is 281 g/mol. The molecule has 0 bridgehead atoms. The number of carbonyl (C=O) groups is 1. The Balaban J connectivity index is 2.81. The highest BCUT2D eigenvalue weighted by molar-refractivity contribution is 5.75. The maximum absolute atomic E-state index is 11.9. The minimum Gasteiger partial charge on any atom is -0.345 e. The van der Waals surface area contributed by atoms with Crippen molar-refractivity contribution in [3.8, 4) is 0 Å². The van der Waals surface area contributed by atoms with Crippen LogP contribution in [0.15, 0.2) is 9.32 Å². The van der Waals surface area contributed by atoms with E-state index in [2.05, 4.69) is 9.68 Å². The molecule has 19 heavy (non-hydrogen) atoms. The van der Waals surface area contributed by atoms with Crippen molar-refractivity contribution in [3.05, 3.63) is 16.4 Å². The zero-order valence-electron chi connectivity index (χ0n) is 10.7. The molecule has 1 heterocycles. The van der Waals surface area contributed by atoms with Crippen molar-refractivity contribution in [2.24, 2.45) is 0 Å². The van der Waals surface area contributed by atoms with Crippen LogP contribution in [-0.2, 0) is 16.8 Å². The summed E-state index contributed by atoms with van der Waals surface area (Å²) >= 11 is 0. The second kappa shape index (κ2) is 5.06. The summed E-state index contributed by atoms with van der Waals surface area (Å²) in [7, 11) is 0. The maximum atomic E-state index is 11.9. The molecule has 6 nitrogen and oxygen atoms in total. The predicted molar refractivity (Wildman–Crippen MR) is 58.5 cm³/mol. The first-order valence-corrected chi connectivity index (χ1v) is 5.41. The number of carbonyl (C=O) groups excluding carboxylic acids is 1. The van der Waals surface area contributed by atoms with E-state index in [0.29, 0.717) is 0 Å². The molecule has 0 saturated heterocycles. The fourth-order valence-corrected chi connectivity index (χ4v) is 1.35. The third kappa shape index (κ3) is 4.42. The fraction of sp³-hybridized carbons (Fsp3) is 0.700. The lowest BCUT2D eigenvalue weighted by atomic mass is 9.96. The molecule has 1 aromatic heterocycles. The summed E-state index contributed by atoms with van der Waals surface area (Å²) in [5.74, 6) is -1.63. The normalized spacial score (nSPS) is 12.5.